The summed E-state index contributed by atoms with van der Waals surface area (Å²) >= 11 is 5.20. The molecule has 1 unspecified atom stereocenters. The zero-order valence-corrected chi connectivity index (χ0v) is 9.63. The van der Waals surface area contributed by atoms with Gasteiger partial charge >= 0.3 is 0 Å². The van der Waals surface area contributed by atoms with Crippen molar-refractivity contribution >= 4 is 17.3 Å². The highest BCUT2D eigenvalue weighted by Crippen LogP contribution is 2.18. The zero-order valence-electron chi connectivity index (χ0n) is 8.81. The molecule has 15 heavy (non-hydrogen) atoms. The van der Waals surface area contributed by atoms with Crippen LogP contribution >= 0.6 is 12.2 Å². The lowest BCUT2D eigenvalue weighted by molar-refractivity contribution is 0.542. The van der Waals surface area contributed by atoms with Crippen LogP contribution in [0.2, 0.25) is 0 Å². The third-order valence-corrected chi connectivity index (χ3v) is 2.57. The van der Waals surface area contributed by atoms with Gasteiger partial charge in [-0.1, -0.05) is 0 Å². The number of imidazole rings is 1. The third-order valence-electron chi connectivity index (χ3n) is 2.33. The molecule has 2 N–H and O–H groups in total. The lowest BCUT2D eigenvalue weighted by atomic mass is 10.3. The van der Waals surface area contributed by atoms with Crippen molar-refractivity contribution in [3.63, 3.8) is 0 Å². The molecular formula is C10H16N4S. The van der Waals surface area contributed by atoms with Crippen molar-refractivity contribution in [2.45, 2.75) is 38.4 Å². The van der Waals surface area contributed by atoms with E-state index >= 15 is 0 Å². The first-order valence-corrected chi connectivity index (χ1v) is 5.67. The minimum Gasteiger partial charge on any atom is -0.360 e. The van der Waals surface area contributed by atoms with E-state index in [4.69, 9.17) is 12.2 Å². The molecule has 1 fully saturated rings. The molecule has 1 atom stereocenters. The number of nitrogens with one attached hydrogen (secondary N) is 2. The molecule has 4 nitrogen and oxygen atoms in total. The van der Waals surface area contributed by atoms with Gasteiger partial charge in [0.2, 0.25) is 0 Å². The Hall–Kier alpha value is -1.10. The van der Waals surface area contributed by atoms with Gasteiger partial charge in [-0.2, -0.15) is 0 Å². The van der Waals surface area contributed by atoms with Gasteiger partial charge in [-0.25, -0.2) is 4.98 Å². The van der Waals surface area contributed by atoms with Crippen molar-refractivity contribution in [1.29, 1.82) is 0 Å². The van der Waals surface area contributed by atoms with Gasteiger partial charge in [-0.15, -0.1) is 0 Å². The second kappa shape index (κ2) is 4.61. The molecule has 0 amide bonds. The smallest absolute Gasteiger partial charge is 0.166 e. The Balaban J connectivity index is 1.71. The van der Waals surface area contributed by atoms with Gasteiger partial charge in [-0.05, 0) is 32.0 Å². The molecule has 1 aromatic heterocycles. The van der Waals surface area contributed by atoms with Gasteiger partial charge < -0.3 is 15.2 Å². The van der Waals surface area contributed by atoms with Crippen molar-refractivity contribution in [2.24, 2.45) is 0 Å². The monoisotopic (exact) mass is 224 g/mol. The summed E-state index contributed by atoms with van der Waals surface area (Å²) in [6.07, 6.45) is 8.05. The van der Waals surface area contributed by atoms with E-state index in [0.29, 0.717) is 12.1 Å². The Kier molecular flexibility index (Phi) is 3.20. The van der Waals surface area contributed by atoms with Crippen LogP contribution in [0, 0.1) is 0 Å². The van der Waals surface area contributed by atoms with Crippen LogP contribution in [-0.2, 0) is 6.54 Å². The fourth-order valence-corrected chi connectivity index (χ4v) is 1.80. The highest BCUT2D eigenvalue weighted by atomic mass is 32.1. The molecule has 5 heteroatoms. The number of thiocarbonyl (C=S) groups is 1. The third kappa shape index (κ3) is 3.51. The molecule has 1 aromatic rings. The van der Waals surface area contributed by atoms with Crippen molar-refractivity contribution in [2.75, 3.05) is 0 Å². The average Bonchev–Trinajstić information content (AvgIpc) is 2.80. The Morgan fingerprint density at radius 3 is 3.07 bits per heavy atom. The molecule has 1 heterocycles. The van der Waals surface area contributed by atoms with Crippen LogP contribution in [-0.4, -0.2) is 26.7 Å². The summed E-state index contributed by atoms with van der Waals surface area (Å²) in [4.78, 5) is 4.00. The molecule has 0 spiro atoms. The van der Waals surface area contributed by atoms with Crippen molar-refractivity contribution in [3.8, 4) is 0 Å². The first kappa shape index (κ1) is 10.4. The lowest BCUT2D eigenvalue weighted by Gasteiger charge is -2.17. The van der Waals surface area contributed by atoms with Crippen LogP contribution in [0.25, 0.3) is 0 Å². The van der Waals surface area contributed by atoms with Gasteiger partial charge in [0, 0.05) is 31.0 Å². The normalized spacial score (nSPS) is 17.1. The minimum atomic E-state index is 0.318. The molecule has 2 rings (SSSR count). The maximum absolute atomic E-state index is 5.20. The number of hydrogen-bond acceptors (Lipinski definition) is 2. The Morgan fingerprint density at radius 1 is 1.67 bits per heavy atom. The van der Waals surface area contributed by atoms with E-state index in [1.165, 1.54) is 12.8 Å². The zero-order chi connectivity index (χ0) is 10.7. The summed E-state index contributed by atoms with van der Waals surface area (Å²) in [5.41, 5.74) is 0. The molecule has 0 aliphatic heterocycles. The topological polar surface area (TPSA) is 41.9 Å². The molecule has 1 aliphatic carbocycles. The number of hydrogen-bond donors (Lipinski definition) is 2. The first-order valence-electron chi connectivity index (χ1n) is 5.27. The standard InChI is InChI=1S/C10H16N4S/c1-8(6-14-5-4-11-7-14)12-10(15)13-9-2-3-9/h4-5,7-9H,2-3,6H2,1H3,(H2,12,13,15). The van der Waals surface area contributed by atoms with Crippen molar-refractivity contribution < 1.29 is 0 Å². The highest BCUT2D eigenvalue weighted by molar-refractivity contribution is 7.80. The van der Waals surface area contributed by atoms with E-state index in [1.807, 2.05) is 17.1 Å². The largest absolute Gasteiger partial charge is 0.360 e. The summed E-state index contributed by atoms with van der Waals surface area (Å²) in [7, 11) is 0. The molecule has 0 radical (unpaired) electrons. The van der Waals surface area contributed by atoms with Gasteiger partial charge in [0.1, 0.15) is 0 Å². The fraction of sp³-hybridized carbons (Fsp3) is 0.600. The van der Waals surface area contributed by atoms with Crippen LogP contribution in [0.4, 0.5) is 0 Å². The Bertz CT molecular complexity index is 318. The lowest BCUT2D eigenvalue weighted by Crippen LogP contribution is -2.43. The number of nitrogens with zero attached hydrogens (tertiary/aromatic N) is 2. The molecule has 0 saturated heterocycles. The SMILES string of the molecule is CC(Cn1ccnc1)NC(=S)NC1CC1. The predicted octanol–water partition coefficient (Wildman–Crippen LogP) is 0.898. The second-order valence-corrected chi connectivity index (χ2v) is 4.46. The van der Waals surface area contributed by atoms with E-state index in [-0.39, 0.29) is 0 Å². The first-order chi connectivity index (χ1) is 7.24. The quantitative estimate of drug-likeness (QED) is 0.746. The van der Waals surface area contributed by atoms with E-state index in [0.717, 1.165) is 11.7 Å². The predicted molar refractivity (Wildman–Crippen MR) is 63.6 cm³/mol. The average molecular weight is 224 g/mol. The summed E-state index contributed by atoms with van der Waals surface area (Å²) < 4.78 is 2.04. The molecule has 0 bridgehead atoms. The molecule has 1 aliphatic rings. The highest BCUT2D eigenvalue weighted by Gasteiger charge is 2.22. The van der Waals surface area contributed by atoms with Gasteiger partial charge in [0.15, 0.2) is 5.11 Å². The molecule has 1 saturated carbocycles. The summed E-state index contributed by atoms with van der Waals surface area (Å²) in [6.45, 7) is 2.99. The maximum atomic E-state index is 5.20. The number of rotatable bonds is 4. The molecule has 82 valence electrons. The molecular weight excluding hydrogens is 208 g/mol. The van der Waals surface area contributed by atoms with Crippen LogP contribution in [0.5, 0.6) is 0 Å². The summed E-state index contributed by atoms with van der Waals surface area (Å²) in [5.74, 6) is 0. The van der Waals surface area contributed by atoms with Crippen molar-refractivity contribution in [1.82, 2.24) is 20.2 Å². The number of aromatic nitrogens is 2. The van der Waals surface area contributed by atoms with Gasteiger partial charge in [-0.3, -0.25) is 0 Å². The summed E-state index contributed by atoms with van der Waals surface area (Å²) in [5, 5.41) is 7.29. The van der Waals surface area contributed by atoms with Gasteiger partial charge in [0.05, 0.1) is 6.33 Å². The molecule has 0 aromatic carbocycles. The Labute approximate surface area is 95.1 Å². The summed E-state index contributed by atoms with van der Waals surface area (Å²) in [6, 6.07) is 0.934. The van der Waals surface area contributed by atoms with Crippen LogP contribution < -0.4 is 10.6 Å². The van der Waals surface area contributed by atoms with E-state index in [2.05, 4.69) is 22.5 Å². The van der Waals surface area contributed by atoms with Crippen LogP contribution in [0.3, 0.4) is 0 Å². The Morgan fingerprint density at radius 2 is 2.47 bits per heavy atom. The minimum absolute atomic E-state index is 0.318. The van der Waals surface area contributed by atoms with Crippen LogP contribution in [0.15, 0.2) is 18.7 Å². The van der Waals surface area contributed by atoms with Crippen molar-refractivity contribution in [3.05, 3.63) is 18.7 Å². The van der Waals surface area contributed by atoms with Gasteiger partial charge in [0.25, 0.3) is 0 Å². The van der Waals surface area contributed by atoms with Crippen LogP contribution in [0.1, 0.15) is 19.8 Å². The van der Waals surface area contributed by atoms with E-state index < -0.39 is 0 Å². The van der Waals surface area contributed by atoms with E-state index in [9.17, 15) is 0 Å². The fourth-order valence-electron chi connectivity index (χ4n) is 1.44. The maximum Gasteiger partial charge on any atom is 0.166 e. The van der Waals surface area contributed by atoms with E-state index in [1.54, 1.807) is 6.20 Å². The second-order valence-electron chi connectivity index (χ2n) is 4.05.